The molecule has 1 fully saturated rings. The van der Waals surface area contributed by atoms with Gasteiger partial charge in [-0.25, -0.2) is 0 Å². The molecule has 1 unspecified atom stereocenters. The minimum Gasteiger partial charge on any atom is -0.485 e. The summed E-state index contributed by atoms with van der Waals surface area (Å²) in [5, 5.41) is 3.83. The molecule has 7 nitrogen and oxygen atoms in total. The summed E-state index contributed by atoms with van der Waals surface area (Å²) < 4.78 is 10.6. The molecule has 0 radical (unpaired) electrons. The maximum absolute atomic E-state index is 12.5. The summed E-state index contributed by atoms with van der Waals surface area (Å²) in [5.74, 6) is 1.77. The molecular formula is C17H23ClN4O3. The van der Waals surface area contributed by atoms with Gasteiger partial charge >= 0.3 is 0 Å². The predicted octanol–water partition coefficient (Wildman–Crippen LogP) is 2.20. The van der Waals surface area contributed by atoms with Gasteiger partial charge < -0.3 is 19.9 Å². The Kier molecular flexibility index (Phi) is 6.78. The SMILES string of the molecule is CCc1nc(COc2ccc(C(=O)N3CCCC(N)C3)cc2)no1.Cl. The van der Waals surface area contributed by atoms with Gasteiger partial charge in [0.05, 0.1) is 0 Å². The second-order valence-corrected chi connectivity index (χ2v) is 5.92. The molecular weight excluding hydrogens is 344 g/mol. The van der Waals surface area contributed by atoms with Crippen molar-refractivity contribution in [2.45, 2.75) is 38.8 Å². The third-order valence-corrected chi connectivity index (χ3v) is 4.03. The first-order valence-corrected chi connectivity index (χ1v) is 8.25. The Balaban J connectivity index is 0.00000225. The number of rotatable bonds is 5. The van der Waals surface area contributed by atoms with E-state index in [-0.39, 0.29) is 31.0 Å². The zero-order valence-electron chi connectivity index (χ0n) is 14.2. The predicted molar refractivity (Wildman–Crippen MR) is 94.8 cm³/mol. The van der Waals surface area contributed by atoms with Crippen LogP contribution in [0, 0.1) is 0 Å². The third kappa shape index (κ3) is 4.93. The van der Waals surface area contributed by atoms with Gasteiger partial charge in [-0.2, -0.15) is 4.98 Å². The number of carbonyl (C=O) groups is 1. The normalized spacial score (nSPS) is 17.0. The summed E-state index contributed by atoms with van der Waals surface area (Å²) in [5.41, 5.74) is 6.58. The Labute approximate surface area is 152 Å². The molecule has 1 atom stereocenters. The van der Waals surface area contributed by atoms with Crippen LogP contribution in [0.3, 0.4) is 0 Å². The van der Waals surface area contributed by atoms with Crippen LogP contribution in [0.4, 0.5) is 0 Å². The number of amides is 1. The Morgan fingerprint density at radius 2 is 2.16 bits per heavy atom. The molecule has 0 bridgehead atoms. The fraction of sp³-hybridized carbons (Fsp3) is 0.471. The molecule has 0 spiro atoms. The summed E-state index contributed by atoms with van der Waals surface area (Å²) in [7, 11) is 0. The zero-order chi connectivity index (χ0) is 16.9. The van der Waals surface area contributed by atoms with Gasteiger partial charge in [-0.1, -0.05) is 12.1 Å². The standard InChI is InChI=1S/C17H22N4O3.ClH/c1-2-16-19-15(20-24-16)11-23-14-7-5-12(6-8-14)17(22)21-9-3-4-13(18)10-21;/h5-8,13H,2-4,9-11,18H2,1H3;1H. The smallest absolute Gasteiger partial charge is 0.253 e. The second kappa shape index (κ2) is 8.82. The molecule has 1 aliphatic heterocycles. The van der Waals surface area contributed by atoms with E-state index in [0.717, 1.165) is 19.4 Å². The molecule has 0 aliphatic carbocycles. The lowest BCUT2D eigenvalue weighted by atomic mass is 10.1. The lowest BCUT2D eigenvalue weighted by Gasteiger charge is -2.30. The summed E-state index contributed by atoms with van der Waals surface area (Å²) in [6, 6.07) is 7.17. The van der Waals surface area contributed by atoms with Gasteiger partial charge in [0, 0.05) is 31.1 Å². The van der Waals surface area contributed by atoms with Crippen molar-refractivity contribution >= 4 is 18.3 Å². The second-order valence-electron chi connectivity index (χ2n) is 5.92. The minimum absolute atomic E-state index is 0. The molecule has 2 heterocycles. The van der Waals surface area contributed by atoms with E-state index in [1.54, 1.807) is 24.3 Å². The fourth-order valence-electron chi connectivity index (χ4n) is 2.71. The number of halogens is 1. The number of ether oxygens (including phenoxy) is 1. The first kappa shape index (κ1) is 19.2. The number of likely N-dealkylation sites (tertiary alicyclic amines) is 1. The van der Waals surface area contributed by atoms with Crippen LogP contribution < -0.4 is 10.5 Å². The highest BCUT2D eigenvalue weighted by molar-refractivity contribution is 5.94. The number of carbonyl (C=O) groups excluding carboxylic acids is 1. The van der Waals surface area contributed by atoms with Crippen LogP contribution in [0.2, 0.25) is 0 Å². The molecule has 136 valence electrons. The summed E-state index contributed by atoms with van der Waals surface area (Å²) in [6.07, 6.45) is 2.63. The molecule has 1 amide bonds. The number of piperidine rings is 1. The maximum atomic E-state index is 12.5. The number of nitrogens with zero attached hydrogens (tertiary/aromatic N) is 3. The zero-order valence-corrected chi connectivity index (χ0v) is 15.0. The molecule has 25 heavy (non-hydrogen) atoms. The fourth-order valence-corrected chi connectivity index (χ4v) is 2.71. The first-order valence-electron chi connectivity index (χ1n) is 8.25. The van der Waals surface area contributed by atoms with E-state index in [1.807, 2.05) is 11.8 Å². The van der Waals surface area contributed by atoms with Gasteiger partial charge in [-0.15, -0.1) is 12.4 Å². The number of aryl methyl sites for hydroxylation is 1. The van der Waals surface area contributed by atoms with E-state index in [0.29, 0.717) is 36.0 Å². The van der Waals surface area contributed by atoms with E-state index in [4.69, 9.17) is 15.0 Å². The van der Waals surface area contributed by atoms with Gasteiger partial charge in [-0.05, 0) is 37.1 Å². The lowest BCUT2D eigenvalue weighted by molar-refractivity contribution is 0.0709. The molecule has 1 aromatic carbocycles. The first-order chi connectivity index (χ1) is 11.7. The largest absolute Gasteiger partial charge is 0.485 e. The van der Waals surface area contributed by atoms with Crippen LogP contribution in [-0.4, -0.2) is 40.1 Å². The Bertz CT molecular complexity index is 689. The molecule has 1 saturated heterocycles. The van der Waals surface area contributed by atoms with Crippen molar-refractivity contribution in [2.24, 2.45) is 5.73 Å². The Hall–Kier alpha value is -2.12. The summed E-state index contributed by atoms with van der Waals surface area (Å²) >= 11 is 0. The van der Waals surface area contributed by atoms with Crippen LogP contribution in [-0.2, 0) is 13.0 Å². The quantitative estimate of drug-likeness (QED) is 0.871. The molecule has 1 aromatic heterocycles. The third-order valence-electron chi connectivity index (χ3n) is 4.03. The Morgan fingerprint density at radius 1 is 1.40 bits per heavy atom. The topological polar surface area (TPSA) is 94.5 Å². The van der Waals surface area contributed by atoms with Gasteiger partial charge in [0.25, 0.3) is 5.91 Å². The van der Waals surface area contributed by atoms with Crippen LogP contribution >= 0.6 is 12.4 Å². The van der Waals surface area contributed by atoms with Crippen LogP contribution in [0.25, 0.3) is 0 Å². The molecule has 0 saturated carbocycles. The van der Waals surface area contributed by atoms with Crippen molar-refractivity contribution in [3.05, 3.63) is 41.5 Å². The molecule has 2 aromatic rings. The average molecular weight is 367 g/mol. The van der Waals surface area contributed by atoms with E-state index in [1.165, 1.54) is 0 Å². The van der Waals surface area contributed by atoms with Crippen molar-refractivity contribution < 1.29 is 14.1 Å². The monoisotopic (exact) mass is 366 g/mol. The van der Waals surface area contributed by atoms with Crippen molar-refractivity contribution in [3.8, 4) is 5.75 Å². The average Bonchev–Trinajstić information content (AvgIpc) is 3.08. The highest BCUT2D eigenvalue weighted by Gasteiger charge is 2.22. The van der Waals surface area contributed by atoms with Crippen molar-refractivity contribution in [3.63, 3.8) is 0 Å². The highest BCUT2D eigenvalue weighted by Crippen LogP contribution is 2.17. The molecule has 3 rings (SSSR count). The maximum Gasteiger partial charge on any atom is 0.253 e. The highest BCUT2D eigenvalue weighted by atomic mass is 35.5. The van der Waals surface area contributed by atoms with Gasteiger partial charge in [0.2, 0.25) is 11.7 Å². The number of aromatic nitrogens is 2. The summed E-state index contributed by atoms with van der Waals surface area (Å²) in [4.78, 5) is 18.5. The van der Waals surface area contributed by atoms with Gasteiger partial charge in [-0.3, -0.25) is 4.79 Å². The van der Waals surface area contributed by atoms with Crippen molar-refractivity contribution in [1.82, 2.24) is 15.0 Å². The number of hydrogen-bond donors (Lipinski definition) is 1. The van der Waals surface area contributed by atoms with Crippen LogP contribution in [0.15, 0.2) is 28.8 Å². The number of benzene rings is 1. The van der Waals surface area contributed by atoms with E-state index in [9.17, 15) is 4.79 Å². The van der Waals surface area contributed by atoms with Crippen LogP contribution in [0.5, 0.6) is 5.75 Å². The Morgan fingerprint density at radius 3 is 2.80 bits per heavy atom. The van der Waals surface area contributed by atoms with Crippen molar-refractivity contribution in [1.29, 1.82) is 0 Å². The number of hydrogen-bond acceptors (Lipinski definition) is 6. The molecule has 8 heteroatoms. The van der Waals surface area contributed by atoms with Gasteiger partial charge in [0.15, 0.2) is 6.61 Å². The van der Waals surface area contributed by atoms with E-state index < -0.39 is 0 Å². The van der Waals surface area contributed by atoms with E-state index >= 15 is 0 Å². The molecule has 1 aliphatic rings. The van der Waals surface area contributed by atoms with E-state index in [2.05, 4.69) is 10.1 Å². The lowest BCUT2D eigenvalue weighted by Crippen LogP contribution is -2.45. The van der Waals surface area contributed by atoms with Crippen LogP contribution in [0.1, 0.15) is 41.8 Å². The van der Waals surface area contributed by atoms with Crippen molar-refractivity contribution in [2.75, 3.05) is 13.1 Å². The summed E-state index contributed by atoms with van der Waals surface area (Å²) in [6.45, 7) is 3.57. The van der Waals surface area contributed by atoms with Gasteiger partial charge in [0.1, 0.15) is 5.75 Å². The number of nitrogens with two attached hydrogens (primary N) is 1. The minimum atomic E-state index is 0. The molecule has 2 N–H and O–H groups in total.